The summed E-state index contributed by atoms with van der Waals surface area (Å²) in [4.78, 5) is 43.9. The molecule has 9 heteroatoms. The van der Waals surface area contributed by atoms with Crippen molar-refractivity contribution in [1.29, 1.82) is 0 Å². The van der Waals surface area contributed by atoms with Crippen molar-refractivity contribution in [2.75, 3.05) is 45.9 Å². The monoisotopic (exact) mass is 460 g/mol. The van der Waals surface area contributed by atoms with Crippen molar-refractivity contribution in [1.82, 2.24) is 20.0 Å². The number of nitrogens with zero attached hydrogens (tertiary/aromatic N) is 3. The average molecular weight is 461 g/mol. The van der Waals surface area contributed by atoms with Crippen LogP contribution in [0.3, 0.4) is 0 Å². The summed E-state index contributed by atoms with van der Waals surface area (Å²) in [7, 11) is 0. The first-order chi connectivity index (χ1) is 15.8. The molecule has 1 aromatic rings. The molecule has 0 aliphatic carbocycles. The molecule has 8 nitrogen and oxygen atoms in total. The maximum atomic E-state index is 14.0. The SMILES string of the molecule is CCOC(=O)C1=C(CN2CCN(C(=O)C(C)C)CC2)N(CC)C(=O)N[C@@H]1c1cccc(F)c1. The predicted molar refractivity (Wildman–Crippen MR) is 122 cm³/mol. The summed E-state index contributed by atoms with van der Waals surface area (Å²) in [6, 6.07) is 4.72. The van der Waals surface area contributed by atoms with Crippen LogP contribution in [0.15, 0.2) is 35.5 Å². The number of piperazine rings is 1. The first kappa shape index (κ1) is 24.7. The van der Waals surface area contributed by atoms with Gasteiger partial charge in [0.25, 0.3) is 0 Å². The van der Waals surface area contributed by atoms with Gasteiger partial charge in [-0.05, 0) is 31.5 Å². The molecule has 0 radical (unpaired) electrons. The number of ether oxygens (including phenoxy) is 1. The highest BCUT2D eigenvalue weighted by atomic mass is 19.1. The fourth-order valence-corrected chi connectivity index (χ4v) is 4.30. The number of carbonyl (C=O) groups excluding carboxylic acids is 3. The van der Waals surface area contributed by atoms with E-state index in [0.717, 1.165) is 0 Å². The molecule has 1 aromatic carbocycles. The molecule has 1 atom stereocenters. The zero-order valence-electron chi connectivity index (χ0n) is 19.8. The van der Waals surface area contributed by atoms with E-state index in [1.807, 2.05) is 25.7 Å². The first-order valence-electron chi connectivity index (χ1n) is 11.5. The van der Waals surface area contributed by atoms with Crippen molar-refractivity contribution in [3.05, 3.63) is 46.9 Å². The molecule has 2 heterocycles. The van der Waals surface area contributed by atoms with Gasteiger partial charge in [-0.1, -0.05) is 26.0 Å². The summed E-state index contributed by atoms with van der Waals surface area (Å²) in [5.41, 5.74) is 1.34. The Balaban J connectivity index is 1.95. The van der Waals surface area contributed by atoms with Crippen LogP contribution in [0.25, 0.3) is 0 Å². The second kappa shape index (κ2) is 10.8. The second-order valence-electron chi connectivity index (χ2n) is 8.52. The van der Waals surface area contributed by atoms with E-state index in [0.29, 0.717) is 56.1 Å². The Morgan fingerprint density at radius 2 is 1.88 bits per heavy atom. The topological polar surface area (TPSA) is 82.2 Å². The van der Waals surface area contributed by atoms with Crippen LogP contribution in [0.2, 0.25) is 0 Å². The number of likely N-dealkylation sites (N-methyl/N-ethyl adjacent to an activating group) is 1. The third-order valence-corrected chi connectivity index (χ3v) is 5.98. The molecule has 1 fully saturated rings. The lowest BCUT2D eigenvalue weighted by atomic mass is 9.94. The standard InChI is InChI=1S/C24H33FN4O4/c1-5-29-19(15-27-10-12-28(13-11-27)22(30)16(3)4)20(23(31)33-6-2)21(26-24(29)32)17-8-7-9-18(25)14-17/h7-9,14,16,21H,5-6,10-13,15H2,1-4H3,(H,26,32)/t21-/m1/s1. The van der Waals surface area contributed by atoms with E-state index < -0.39 is 17.8 Å². The predicted octanol–water partition coefficient (Wildman–Crippen LogP) is 2.53. The Kier molecular flexibility index (Phi) is 8.07. The van der Waals surface area contributed by atoms with E-state index in [4.69, 9.17) is 4.74 Å². The van der Waals surface area contributed by atoms with Crippen molar-refractivity contribution in [3.8, 4) is 0 Å². The summed E-state index contributed by atoms with van der Waals surface area (Å²) in [6.45, 7) is 10.7. The summed E-state index contributed by atoms with van der Waals surface area (Å²) >= 11 is 0. The number of rotatable bonds is 7. The van der Waals surface area contributed by atoms with E-state index in [1.54, 1.807) is 19.1 Å². The van der Waals surface area contributed by atoms with Gasteiger partial charge >= 0.3 is 12.0 Å². The Morgan fingerprint density at radius 1 is 1.18 bits per heavy atom. The molecule has 2 aliphatic rings. The Hall–Kier alpha value is -2.94. The van der Waals surface area contributed by atoms with E-state index in [2.05, 4.69) is 10.2 Å². The van der Waals surface area contributed by atoms with Crippen molar-refractivity contribution >= 4 is 17.9 Å². The van der Waals surface area contributed by atoms with Gasteiger partial charge in [-0.2, -0.15) is 0 Å². The minimum absolute atomic E-state index is 0.0562. The summed E-state index contributed by atoms with van der Waals surface area (Å²) < 4.78 is 19.3. The number of carbonyl (C=O) groups is 3. The highest BCUT2D eigenvalue weighted by molar-refractivity contribution is 5.95. The Morgan fingerprint density at radius 3 is 2.45 bits per heavy atom. The fourth-order valence-electron chi connectivity index (χ4n) is 4.30. The minimum Gasteiger partial charge on any atom is -0.463 e. The average Bonchev–Trinajstić information content (AvgIpc) is 2.79. The molecule has 0 bridgehead atoms. The van der Waals surface area contributed by atoms with Gasteiger partial charge in [-0.15, -0.1) is 0 Å². The van der Waals surface area contributed by atoms with Gasteiger partial charge in [-0.3, -0.25) is 14.6 Å². The molecule has 3 rings (SSSR count). The zero-order valence-corrected chi connectivity index (χ0v) is 19.8. The van der Waals surface area contributed by atoms with E-state index in [9.17, 15) is 18.8 Å². The van der Waals surface area contributed by atoms with E-state index in [1.165, 1.54) is 17.0 Å². The highest BCUT2D eigenvalue weighted by Gasteiger charge is 2.38. The largest absolute Gasteiger partial charge is 0.463 e. The number of urea groups is 1. The molecule has 33 heavy (non-hydrogen) atoms. The summed E-state index contributed by atoms with van der Waals surface area (Å²) in [5.74, 6) is -0.914. The lowest BCUT2D eigenvalue weighted by Crippen LogP contribution is -2.54. The lowest BCUT2D eigenvalue weighted by molar-refractivity contribution is -0.139. The van der Waals surface area contributed by atoms with Gasteiger partial charge in [0.15, 0.2) is 0 Å². The smallest absolute Gasteiger partial charge is 0.338 e. The molecule has 0 aromatic heterocycles. The van der Waals surface area contributed by atoms with Crippen LogP contribution in [0, 0.1) is 11.7 Å². The number of nitrogens with one attached hydrogen (secondary N) is 1. The second-order valence-corrected chi connectivity index (χ2v) is 8.52. The molecular weight excluding hydrogens is 427 g/mol. The minimum atomic E-state index is -0.811. The van der Waals surface area contributed by atoms with Gasteiger partial charge in [-0.25, -0.2) is 14.0 Å². The third-order valence-electron chi connectivity index (χ3n) is 5.98. The molecular formula is C24H33FN4O4. The van der Waals surface area contributed by atoms with Crippen LogP contribution in [0.4, 0.5) is 9.18 Å². The molecule has 0 spiro atoms. The zero-order chi connectivity index (χ0) is 24.1. The summed E-state index contributed by atoms with van der Waals surface area (Å²) in [5, 5.41) is 2.84. The number of hydrogen-bond donors (Lipinski definition) is 1. The van der Waals surface area contributed by atoms with E-state index in [-0.39, 0.29) is 24.5 Å². The van der Waals surface area contributed by atoms with Crippen LogP contribution in [0.5, 0.6) is 0 Å². The quantitative estimate of drug-likeness (QED) is 0.633. The van der Waals surface area contributed by atoms with Crippen LogP contribution in [-0.4, -0.2) is 78.5 Å². The van der Waals surface area contributed by atoms with Crippen molar-refractivity contribution < 1.29 is 23.5 Å². The molecule has 180 valence electrons. The van der Waals surface area contributed by atoms with Gasteiger partial charge < -0.3 is 15.0 Å². The van der Waals surface area contributed by atoms with Gasteiger partial charge in [0.1, 0.15) is 5.82 Å². The highest BCUT2D eigenvalue weighted by Crippen LogP contribution is 2.32. The Labute approximate surface area is 194 Å². The fraction of sp³-hybridized carbons (Fsp3) is 0.542. The molecule has 0 unspecified atom stereocenters. The molecule has 1 N–H and O–H groups in total. The number of halogens is 1. The molecule has 2 aliphatic heterocycles. The third kappa shape index (κ3) is 5.52. The van der Waals surface area contributed by atoms with Gasteiger partial charge in [0, 0.05) is 50.9 Å². The number of hydrogen-bond acceptors (Lipinski definition) is 5. The van der Waals surface area contributed by atoms with Gasteiger partial charge in [0.05, 0.1) is 18.2 Å². The summed E-state index contributed by atoms with van der Waals surface area (Å²) in [6.07, 6.45) is 0. The number of benzene rings is 1. The van der Waals surface area contributed by atoms with Crippen molar-refractivity contribution in [2.45, 2.75) is 33.7 Å². The van der Waals surface area contributed by atoms with Gasteiger partial charge in [0.2, 0.25) is 5.91 Å². The van der Waals surface area contributed by atoms with Crippen molar-refractivity contribution in [2.24, 2.45) is 5.92 Å². The van der Waals surface area contributed by atoms with Crippen LogP contribution < -0.4 is 5.32 Å². The lowest BCUT2D eigenvalue weighted by Gasteiger charge is -2.40. The van der Waals surface area contributed by atoms with E-state index >= 15 is 0 Å². The molecule has 1 saturated heterocycles. The normalized spacial score (nSPS) is 19.7. The van der Waals surface area contributed by atoms with Crippen LogP contribution >= 0.6 is 0 Å². The maximum Gasteiger partial charge on any atom is 0.338 e. The van der Waals surface area contributed by atoms with Crippen LogP contribution in [0.1, 0.15) is 39.3 Å². The maximum absolute atomic E-state index is 14.0. The van der Waals surface area contributed by atoms with Crippen LogP contribution in [-0.2, 0) is 14.3 Å². The first-order valence-corrected chi connectivity index (χ1v) is 11.5. The number of amides is 3. The van der Waals surface area contributed by atoms with Crippen molar-refractivity contribution in [3.63, 3.8) is 0 Å². The molecule has 3 amide bonds. The molecule has 0 saturated carbocycles. The number of esters is 1. The Bertz CT molecular complexity index is 925.